The van der Waals surface area contributed by atoms with Gasteiger partial charge in [-0.15, -0.1) is 13.2 Å². The fourth-order valence-corrected chi connectivity index (χ4v) is 4.38. The quantitative estimate of drug-likeness (QED) is 0.507. The summed E-state index contributed by atoms with van der Waals surface area (Å²) in [5.41, 5.74) is 1.97. The van der Waals surface area contributed by atoms with E-state index in [1.165, 1.54) is 17.7 Å². The van der Waals surface area contributed by atoms with Gasteiger partial charge in [0, 0.05) is 25.2 Å². The van der Waals surface area contributed by atoms with E-state index < -0.39 is 35.4 Å². The first-order valence-corrected chi connectivity index (χ1v) is 11.1. The lowest BCUT2D eigenvalue weighted by Crippen LogP contribution is -2.38. The maximum Gasteiger partial charge on any atom is 0.573 e. The van der Waals surface area contributed by atoms with E-state index >= 15 is 0 Å². The standard InChI is InChI=1S/C24H20F3N5O4/c25-24(26,27)36-16-7-5-15(6-8-16)28-21(34)17-11-18(33)29-20-19(17)22(35)31-23(30-20)32-10-9-13-3-1-2-4-14(13)12-32/h1-8,17H,9-12H2,(H,28,34)(H2,29,30,31,33,35)/t17-/m0/s1. The lowest BCUT2D eigenvalue weighted by atomic mass is 9.92. The van der Waals surface area contributed by atoms with Gasteiger partial charge in [-0.3, -0.25) is 19.4 Å². The molecule has 0 bridgehead atoms. The third kappa shape index (κ3) is 4.88. The van der Waals surface area contributed by atoms with E-state index in [0.29, 0.717) is 13.1 Å². The molecule has 0 aliphatic carbocycles. The predicted molar refractivity (Wildman–Crippen MR) is 124 cm³/mol. The maximum atomic E-state index is 13.0. The van der Waals surface area contributed by atoms with Crippen LogP contribution in [0.15, 0.2) is 53.3 Å². The van der Waals surface area contributed by atoms with Gasteiger partial charge in [0.25, 0.3) is 5.56 Å². The van der Waals surface area contributed by atoms with Crippen molar-refractivity contribution < 1.29 is 27.5 Å². The van der Waals surface area contributed by atoms with Crippen LogP contribution >= 0.6 is 0 Å². The number of halogens is 3. The number of nitrogens with one attached hydrogen (secondary N) is 3. The molecule has 2 aliphatic rings. The Bertz CT molecular complexity index is 1390. The molecule has 186 valence electrons. The average Bonchev–Trinajstić information content (AvgIpc) is 2.83. The molecule has 0 saturated heterocycles. The Hall–Kier alpha value is -4.35. The molecule has 0 spiro atoms. The summed E-state index contributed by atoms with van der Waals surface area (Å²) in [6, 6.07) is 12.5. The Balaban J connectivity index is 1.37. The van der Waals surface area contributed by atoms with Crippen LogP contribution in [0.4, 0.5) is 30.6 Å². The van der Waals surface area contributed by atoms with Gasteiger partial charge in [0.1, 0.15) is 11.6 Å². The summed E-state index contributed by atoms with van der Waals surface area (Å²) < 4.78 is 40.9. The minimum Gasteiger partial charge on any atom is -0.406 e. The van der Waals surface area contributed by atoms with Crippen LogP contribution < -0.4 is 25.8 Å². The Morgan fingerprint density at radius 3 is 2.53 bits per heavy atom. The molecular weight excluding hydrogens is 479 g/mol. The van der Waals surface area contributed by atoms with Gasteiger partial charge in [-0.2, -0.15) is 4.98 Å². The van der Waals surface area contributed by atoms with Gasteiger partial charge in [0.15, 0.2) is 0 Å². The molecule has 2 amide bonds. The Morgan fingerprint density at radius 2 is 1.81 bits per heavy atom. The molecule has 12 heteroatoms. The highest BCUT2D eigenvalue weighted by atomic mass is 19.4. The van der Waals surface area contributed by atoms with Crippen LogP contribution in [0.5, 0.6) is 5.75 Å². The number of alkyl halides is 3. The van der Waals surface area contributed by atoms with Crippen molar-refractivity contribution in [1.82, 2.24) is 9.97 Å². The fraction of sp³-hybridized carbons (Fsp3) is 0.250. The summed E-state index contributed by atoms with van der Waals surface area (Å²) in [6.45, 7) is 1.15. The van der Waals surface area contributed by atoms with Crippen molar-refractivity contribution in [3.63, 3.8) is 0 Å². The second-order valence-electron chi connectivity index (χ2n) is 8.46. The van der Waals surface area contributed by atoms with Crippen molar-refractivity contribution in [3.05, 3.63) is 75.6 Å². The number of aromatic amines is 1. The molecule has 3 heterocycles. The molecule has 0 radical (unpaired) electrons. The van der Waals surface area contributed by atoms with Crippen LogP contribution in [0.1, 0.15) is 29.0 Å². The zero-order valence-electron chi connectivity index (χ0n) is 18.7. The highest BCUT2D eigenvalue weighted by molar-refractivity contribution is 6.04. The molecule has 3 aromatic rings. The molecule has 3 N–H and O–H groups in total. The number of carbonyl (C=O) groups excluding carboxylic acids is 2. The number of benzene rings is 2. The van der Waals surface area contributed by atoms with Gasteiger partial charge in [0.05, 0.1) is 11.5 Å². The second kappa shape index (κ2) is 9.02. The maximum absolute atomic E-state index is 13.0. The fourth-order valence-electron chi connectivity index (χ4n) is 4.38. The van der Waals surface area contributed by atoms with Crippen LogP contribution in [-0.2, 0) is 22.6 Å². The van der Waals surface area contributed by atoms with Crippen molar-refractivity contribution in [2.24, 2.45) is 0 Å². The number of ether oxygens (including phenoxy) is 1. The number of H-pyrrole nitrogens is 1. The van der Waals surface area contributed by atoms with Gasteiger partial charge < -0.3 is 20.3 Å². The number of hydrogen-bond acceptors (Lipinski definition) is 6. The zero-order valence-corrected chi connectivity index (χ0v) is 18.7. The number of fused-ring (bicyclic) bond motifs is 2. The van der Waals surface area contributed by atoms with Crippen molar-refractivity contribution in [2.75, 3.05) is 22.1 Å². The number of carbonyl (C=O) groups is 2. The predicted octanol–water partition coefficient (Wildman–Crippen LogP) is 3.30. The highest BCUT2D eigenvalue weighted by Gasteiger charge is 2.35. The summed E-state index contributed by atoms with van der Waals surface area (Å²) >= 11 is 0. The van der Waals surface area contributed by atoms with E-state index in [4.69, 9.17) is 0 Å². The summed E-state index contributed by atoms with van der Waals surface area (Å²) in [5, 5.41) is 5.11. The van der Waals surface area contributed by atoms with Gasteiger partial charge in [-0.05, 0) is 41.8 Å². The van der Waals surface area contributed by atoms with Crippen LogP contribution in [0.2, 0.25) is 0 Å². The normalized spacial score (nSPS) is 17.0. The molecule has 2 aliphatic heterocycles. The topological polar surface area (TPSA) is 116 Å². The van der Waals surface area contributed by atoms with E-state index in [2.05, 4.69) is 31.4 Å². The minimum atomic E-state index is -4.84. The third-order valence-corrected chi connectivity index (χ3v) is 6.04. The molecule has 1 atom stereocenters. The van der Waals surface area contributed by atoms with Crippen molar-refractivity contribution >= 4 is 29.3 Å². The van der Waals surface area contributed by atoms with E-state index in [1.807, 2.05) is 23.1 Å². The number of nitrogens with zero attached hydrogens (tertiary/aromatic N) is 2. The van der Waals surface area contributed by atoms with Crippen molar-refractivity contribution in [2.45, 2.75) is 31.7 Å². The molecule has 36 heavy (non-hydrogen) atoms. The molecule has 9 nitrogen and oxygen atoms in total. The summed E-state index contributed by atoms with van der Waals surface area (Å²) in [5.74, 6) is -2.43. The molecule has 0 unspecified atom stereocenters. The number of anilines is 3. The Morgan fingerprint density at radius 1 is 1.08 bits per heavy atom. The molecule has 2 aromatic carbocycles. The summed E-state index contributed by atoms with van der Waals surface area (Å²) in [7, 11) is 0. The first kappa shape index (κ1) is 23.4. The van der Waals surface area contributed by atoms with E-state index in [-0.39, 0.29) is 29.4 Å². The molecule has 0 fully saturated rings. The molecule has 0 saturated carbocycles. The van der Waals surface area contributed by atoms with Gasteiger partial charge in [-0.1, -0.05) is 24.3 Å². The number of aromatic nitrogens is 2. The van der Waals surface area contributed by atoms with Crippen molar-refractivity contribution in [1.29, 1.82) is 0 Å². The molecule has 1 aromatic heterocycles. The van der Waals surface area contributed by atoms with Crippen LogP contribution in [0.3, 0.4) is 0 Å². The first-order valence-electron chi connectivity index (χ1n) is 11.1. The minimum absolute atomic E-state index is 0.0120. The van der Waals surface area contributed by atoms with Crippen LogP contribution in [0, 0.1) is 0 Å². The molecular formula is C24H20F3N5O4. The monoisotopic (exact) mass is 499 g/mol. The van der Waals surface area contributed by atoms with Crippen LogP contribution in [-0.4, -0.2) is 34.7 Å². The van der Waals surface area contributed by atoms with E-state index in [1.54, 1.807) is 0 Å². The number of rotatable bonds is 4. The van der Waals surface area contributed by atoms with E-state index in [9.17, 15) is 27.6 Å². The lowest BCUT2D eigenvalue weighted by molar-refractivity contribution is -0.274. The highest BCUT2D eigenvalue weighted by Crippen LogP contribution is 2.32. The third-order valence-electron chi connectivity index (χ3n) is 6.04. The lowest BCUT2D eigenvalue weighted by Gasteiger charge is -2.30. The second-order valence-corrected chi connectivity index (χ2v) is 8.46. The van der Waals surface area contributed by atoms with Gasteiger partial charge >= 0.3 is 6.36 Å². The zero-order chi connectivity index (χ0) is 25.4. The largest absolute Gasteiger partial charge is 0.573 e. The average molecular weight is 499 g/mol. The Labute approximate surface area is 202 Å². The van der Waals surface area contributed by atoms with Gasteiger partial charge in [0.2, 0.25) is 17.8 Å². The van der Waals surface area contributed by atoms with Gasteiger partial charge in [-0.25, -0.2) is 0 Å². The first-order chi connectivity index (χ1) is 17.2. The van der Waals surface area contributed by atoms with Crippen molar-refractivity contribution in [3.8, 4) is 5.75 Å². The van der Waals surface area contributed by atoms with E-state index in [0.717, 1.165) is 24.1 Å². The number of amides is 2. The summed E-state index contributed by atoms with van der Waals surface area (Å²) in [4.78, 5) is 47.4. The Kier molecular flexibility index (Phi) is 5.86. The number of hydrogen-bond donors (Lipinski definition) is 3. The SMILES string of the molecule is O=C1C[C@H](C(=O)Nc2ccc(OC(F)(F)F)cc2)c2c(nc(N3CCc4ccccc4C3)[nH]c2=O)N1. The smallest absolute Gasteiger partial charge is 0.406 e. The van der Waals surface area contributed by atoms with Crippen LogP contribution in [0.25, 0.3) is 0 Å². The molecule has 5 rings (SSSR count). The summed E-state index contributed by atoms with van der Waals surface area (Å²) in [6.07, 6.45) is -4.36.